The van der Waals surface area contributed by atoms with Crippen LogP contribution in [-0.2, 0) is 0 Å². The number of carbonyl (C=O) groups excluding carboxylic acids is 2. The summed E-state index contributed by atoms with van der Waals surface area (Å²) in [5, 5.41) is 0. The quantitative estimate of drug-likeness (QED) is 0.750. The molecule has 0 saturated carbocycles. The first-order valence-electron chi connectivity index (χ1n) is 9.48. The van der Waals surface area contributed by atoms with Gasteiger partial charge >= 0.3 is 0 Å². The van der Waals surface area contributed by atoms with E-state index < -0.39 is 0 Å². The number of carbonyl (C=O) groups is 2. The van der Waals surface area contributed by atoms with Crippen LogP contribution in [0.3, 0.4) is 0 Å². The topological polar surface area (TPSA) is 62.3 Å². The van der Waals surface area contributed by atoms with Crippen LogP contribution in [0.25, 0.3) is 0 Å². The lowest BCUT2D eigenvalue weighted by Crippen LogP contribution is -2.40. The third-order valence-corrected chi connectivity index (χ3v) is 5.06. The van der Waals surface area contributed by atoms with Crippen molar-refractivity contribution in [1.29, 1.82) is 0 Å². The number of ether oxygens (including phenoxy) is 2. The Morgan fingerprint density at radius 2 is 1.55 bits per heavy atom. The highest BCUT2D eigenvalue weighted by atomic mass is 16.5. The van der Waals surface area contributed by atoms with E-state index in [1.54, 1.807) is 36.2 Å². The maximum absolute atomic E-state index is 13.5. The van der Waals surface area contributed by atoms with E-state index in [1.807, 2.05) is 26.2 Å². The summed E-state index contributed by atoms with van der Waals surface area (Å²) in [5.41, 5.74) is 2.00. The van der Waals surface area contributed by atoms with Gasteiger partial charge in [0.15, 0.2) is 11.5 Å². The highest BCUT2D eigenvalue weighted by Crippen LogP contribution is 2.39. The molecule has 1 heterocycles. The zero-order chi connectivity index (χ0) is 21.1. The second kappa shape index (κ2) is 8.53. The number of amides is 2. The van der Waals surface area contributed by atoms with Crippen molar-refractivity contribution < 1.29 is 19.1 Å². The Hall–Kier alpha value is -3.06. The molecule has 0 spiro atoms. The molecule has 1 aliphatic rings. The number of fused-ring (bicyclic) bond motifs is 2. The fourth-order valence-electron chi connectivity index (χ4n) is 3.52. The lowest BCUT2D eigenvalue weighted by Gasteiger charge is -2.32. The standard InChI is InChI=1S/C22H27N3O4/c1-23(2)11-8-12-25-18-14-20(29-5)19(28-4)13-16(18)21(26)24(3)17-10-7-6-9-15(17)22(25)27/h6-7,9-10,13-14H,8,11-12H2,1-5H3. The van der Waals surface area contributed by atoms with Crippen molar-refractivity contribution in [2.75, 3.05) is 58.3 Å². The van der Waals surface area contributed by atoms with Crippen molar-refractivity contribution in [3.63, 3.8) is 0 Å². The Kier molecular flexibility index (Phi) is 6.08. The van der Waals surface area contributed by atoms with E-state index in [2.05, 4.69) is 4.90 Å². The summed E-state index contributed by atoms with van der Waals surface area (Å²) in [5.74, 6) is 0.564. The maximum atomic E-state index is 13.5. The Labute approximate surface area is 171 Å². The minimum absolute atomic E-state index is 0.146. The molecular weight excluding hydrogens is 370 g/mol. The molecule has 2 aromatic rings. The number of nitrogens with zero attached hydrogens (tertiary/aromatic N) is 3. The first-order chi connectivity index (χ1) is 13.9. The van der Waals surface area contributed by atoms with Crippen LogP contribution in [0.5, 0.6) is 11.5 Å². The molecule has 0 aromatic heterocycles. The molecule has 2 amide bonds. The lowest BCUT2D eigenvalue weighted by molar-refractivity contribution is 0.0976. The molecule has 0 saturated heterocycles. The summed E-state index contributed by atoms with van der Waals surface area (Å²) in [4.78, 5) is 32.1. The molecule has 0 atom stereocenters. The molecule has 0 radical (unpaired) electrons. The van der Waals surface area contributed by atoms with Gasteiger partial charge in [-0.25, -0.2) is 0 Å². The van der Waals surface area contributed by atoms with E-state index in [0.717, 1.165) is 13.0 Å². The number of benzene rings is 2. The van der Waals surface area contributed by atoms with Crippen molar-refractivity contribution in [1.82, 2.24) is 4.90 Å². The van der Waals surface area contributed by atoms with E-state index >= 15 is 0 Å². The fraction of sp³-hybridized carbons (Fsp3) is 0.364. The minimum atomic E-state index is -0.210. The Morgan fingerprint density at radius 3 is 2.21 bits per heavy atom. The summed E-state index contributed by atoms with van der Waals surface area (Å²) in [7, 11) is 8.72. The fourth-order valence-corrected chi connectivity index (χ4v) is 3.52. The normalized spacial score (nSPS) is 13.7. The molecule has 0 bridgehead atoms. The summed E-state index contributed by atoms with van der Waals surface area (Å²) in [6.07, 6.45) is 0.763. The molecule has 3 rings (SSSR count). The van der Waals surface area contributed by atoms with Crippen LogP contribution in [0.2, 0.25) is 0 Å². The highest BCUT2D eigenvalue weighted by molar-refractivity contribution is 6.20. The van der Waals surface area contributed by atoms with Gasteiger partial charge in [-0.2, -0.15) is 0 Å². The predicted octanol–water partition coefficient (Wildman–Crippen LogP) is 2.89. The molecule has 0 N–H and O–H groups in total. The molecule has 0 unspecified atom stereocenters. The van der Waals surface area contributed by atoms with Gasteiger partial charge in [-0.1, -0.05) is 12.1 Å². The Bertz CT molecular complexity index is 926. The lowest BCUT2D eigenvalue weighted by atomic mass is 10.0. The van der Waals surface area contributed by atoms with Crippen LogP contribution in [0.1, 0.15) is 27.1 Å². The van der Waals surface area contributed by atoms with Crippen LogP contribution in [0.15, 0.2) is 36.4 Å². The molecular formula is C22H27N3O4. The van der Waals surface area contributed by atoms with Crippen molar-refractivity contribution in [2.45, 2.75) is 6.42 Å². The maximum Gasteiger partial charge on any atom is 0.260 e. The predicted molar refractivity (Wildman–Crippen MR) is 114 cm³/mol. The van der Waals surface area contributed by atoms with E-state index in [4.69, 9.17) is 9.47 Å². The van der Waals surface area contributed by atoms with Crippen molar-refractivity contribution >= 4 is 23.2 Å². The zero-order valence-electron chi connectivity index (χ0n) is 17.6. The van der Waals surface area contributed by atoms with Gasteiger partial charge in [0.25, 0.3) is 11.8 Å². The van der Waals surface area contributed by atoms with Crippen molar-refractivity contribution in [3.05, 3.63) is 47.5 Å². The van der Waals surface area contributed by atoms with Gasteiger partial charge in [0.05, 0.1) is 36.7 Å². The van der Waals surface area contributed by atoms with Gasteiger partial charge in [-0.3, -0.25) is 9.59 Å². The average Bonchev–Trinajstić information content (AvgIpc) is 2.73. The molecule has 0 aliphatic carbocycles. The second-order valence-corrected chi connectivity index (χ2v) is 7.22. The van der Waals surface area contributed by atoms with Crippen LogP contribution in [-0.4, -0.2) is 65.2 Å². The van der Waals surface area contributed by atoms with Gasteiger partial charge in [0.1, 0.15) is 0 Å². The number of para-hydroxylation sites is 1. The van der Waals surface area contributed by atoms with Gasteiger partial charge in [-0.05, 0) is 45.3 Å². The minimum Gasteiger partial charge on any atom is -0.493 e. The summed E-state index contributed by atoms with van der Waals surface area (Å²) in [6, 6.07) is 10.5. The van der Waals surface area contributed by atoms with Crippen LogP contribution in [0, 0.1) is 0 Å². The zero-order valence-corrected chi connectivity index (χ0v) is 17.6. The van der Waals surface area contributed by atoms with Crippen LogP contribution < -0.4 is 19.3 Å². The Balaban J connectivity index is 2.19. The van der Waals surface area contributed by atoms with E-state index in [1.165, 1.54) is 19.1 Å². The molecule has 29 heavy (non-hydrogen) atoms. The molecule has 154 valence electrons. The Morgan fingerprint density at radius 1 is 0.897 bits per heavy atom. The third kappa shape index (κ3) is 3.91. The molecule has 0 fully saturated rings. The number of anilines is 2. The smallest absolute Gasteiger partial charge is 0.260 e. The number of rotatable bonds is 6. The van der Waals surface area contributed by atoms with Gasteiger partial charge < -0.3 is 24.2 Å². The van der Waals surface area contributed by atoms with Crippen LogP contribution in [0.4, 0.5) is 11.4 Å². The summed E-state index contributed by atoms with van der Waals surface area (Å²) >= 11 is 0. The molecule has 7 heteroatoms. The monoisotopic (exact) mass is 397 g/mol. The SMILES string of the molecule is COc1cc2c(cc1OC)N(CCCN(C)C)C(=O)c1ccccc1N(C)C2=O. The van der Waals surface area contributed by atoms with E-state index in [0.29, 0.717) is 40.5 Å². The van der Waals surface area contributed by atoms with E-state index in [9.17, 15) is 9.59 Å². The molecule has 2 aromatic carbocycles. The third-order valence-electron chi connectivity index (χ3n) is 5.06. The van der Waals surface area contributed by atoms with Gasteiger partial charge in [0.2, 0.25) is 0 Å². The molecule has 7 nitrogen and oxygen atoms in total. The average molecular weight is 397 g/mol. The van der Waals surface area contributed by atoms with Crippen LogP contribution >= 0.6 is 0 Å². The van der Waals surface area contributed by atoms with Crippen molar-refractivity contribution in [2.24, 2.45) is 0 Å². The van der Waals surface area contributed by atoms with Gasteiger partial charge in [0, 0.05) is 19.7 Å². The summed E-state index contributed by atoms with van der Waals surface area (Å²) in [6.45, 7) is 1.30. The number of methoxy groups -OCH3 is 2. The second-order valence-electron chi connectivity index (χ2n) is 7.22. The highest BCUT2D eigenvalue weighted by Gasteiger charge is 2.32. The largest absolute Gasteiger partial charge is 0.493 e. The first kappa shape index (κ1) is 20.7. The van der Waals surface area contributed by atoms with Gasteiger partial charge in [-0.15, -0.1) is 0 Å². The summed E-state index contributed by atoms with van der Waals surface area (Å²) < 4.78 is 10.8. The number of hydrogen-bond acceptors (Lipinski definition) is 5. The van der Waals surface area contributed by atoms with Crippen molar-refractivity contribution in [3.8, 4) is 11.5 Å². The van der Waals surface area contributed by atoms with E-state index in [-0.39, 0.29) is 11.8 Å². The number of hydrogen-bond donors (Lipinski definition) is 0. The molecule has 1 aliphatic heterocycles. The first-order valence-corrected chi connectivity index (χ1v) is 9.48.